The summed E-state index contributed by atoms with van der Waals surface area (Å²) in [7, 11) is 1.81. The Labute approximate surface area is 118 Å². The van der Waals surface area contributed by atoms with E-state index in [1.165, 1.54) is 6.07 Å². The average molecular weight is 278 g/mol. The van der Waals surface area contributed by atoms with Crippen molar-refractivity contribution in [2.24, 2.45) is 0 Å². The van der Waals surface area contributed by atoms with Gasteiger partial charge in [-0.1, -0.05) is 41.4 Å². The number of aryl methyl sites for hydroxylation is 2. The van der Waals surface area contributed by atoms with Gasteiger partial charge in [-0.15, -0.1) is 0 Å². The van der Waals surface area contributed by atoms with Crippen LogP contribution in [0.1, 0.15) is 28.3 Å². The largest absolute Gasteiger partial charge is 0.309 e. The lowest BCUT2D eigenvalue weighted by Gasteiger charge is -2.21. The fraction of sp³-hybridized carbons (Fsp3) is 0.250. The molecule has 2 aromatic carbocycles. The lowest BCUT2D eigenvalue weighted by atomic mass is 9.93. The molecule has 0 aliphatic carbocycles. The van der Waals surface area contributed by atoms with Gasteiger partial charge in [0.15, 0.2) is 0 Å². The Hall–Kier alpha value is -1.38. The molecule has 0 radical (unpaired) electrons. The topological polar surface area (TPSA) is 12.0 Å². The normalized spacial score (nSPS) is 12.5. The molecule has 0 saturated heterocycles. The maximum absolute atomic E-state index is 14.1. The summed E-state index contributed by atoms with van der Waals surface area (Å²) in [4.78, 5) is 0. The van der Waals surface area contributed by atoms with Gasteiger partial charge >= 0.3 is 0 Å². The number of rotatable bonds is 3. The number of hydrogen-bond donors (Lipinski definition) is 1. The summed E-state index contributed by atoms with van der Waals surface area (Å²) < 4.78 is 14.1. The summed E-state index contributed by atoms with van der Waals surface area (Å²) in [6, 6.07) is 10.7. The lowest BCUT2D eigenvalue weighted by molar-refractivity contribution is 0.575. The van der Waals surface area contributed by atoms with Crippen LogP contribution < -0.4 is 5.32 Å². The van der Waals surface area contributed by atoms with Crippen molar-refractivity contribution in [3.63, 3.8) is 0 Å². The third kappa shape index (κ3) is 2.80. The molecular formula is C16H17ClFN. The first kappa shape index (κ1) is 14.0. The standard InChI is InChI=1S/C16H17ClFN/c1-10-7-8-11(2)12(9-10)16(19-3)15-13(17)5-4-6-14(15)18/h4-9,16,19H,1-3H3. The van der Waals surface area contributed by atoms with Crippen LogP contribution in [0.15, 0.2) is 36.4 Å². The molecule has 0 aliphatic heterocycles. The second-order valence-corrected chi connectivity index (χ2v) is 5.12. The quantitative estimate of drug-likeness (QED) is 0.876. The average Bonchev–Trinajstić information content (AvgIpc) is 2.37. The van der Waals surface area contributed by atoms with Crippen molar-refractivity contribution in [3.05, 3.63) is 69.5 Å². The van der Waals surface area contributed by atoms with Gasteiger partial charge in [0.1, 0.15) is 5.82 Å². The first-order valence-electron chi connectivity index (χ1n) is 6.23. The zero-order valence-corrected chi connectivity index (χ0v) is 12.1. The Balaban J connectivity index is 2.59. The van der Waals surface area contributed by atoms with Crippen molar-refractivity contribution in [2.45, 2.75) is 19.9 Å². The van der Waals surface area contributed by atoms with Crippen molar-refractivity contribution < 1.29 is 4.39 Å². The Morgan fingerprint density at radius 1 is 1.16 bits per heavy atom. The van der Waals surface area contributed by atoms with E-state index in [2.05, 4.69) is 17.4 Å². The first-order valence-corrected chi connectivity index (χ1v) is 6.60. The van der Waals surface area contributed by atoms with Crippen molar-refractivity contribution in [3.8, 4) is 0 Å². The lowest BCUT2D eigenvalue weighted by Crippen LogP contribution is -2.20. The fourth-order valence-electron chi connectivity index (χ4n) is 2.31. The number of hydrogen-bond acceptors (Lipinski definition) is 1. The van der Waals surface area contributed by atoms with Crippen LogP contribution in [0.5, 0.6) is 0 Å². The van der Waals surface area contributed by atoms with Crippen molar-refractivity contribution in [1.82, 2.24) is 5.32 Å². The van der Waals surface area contributed by atoms with Crippen LogP contribution in [0, 0.1) is 19.7 Å². The van der Waals surface area contributed by atoms with Gasteiger partial charge in [0, 0.05) is 10.6 Å². The van der Waals surface area contributed by atoms with E-state index in [0.717, 1.165) is 16.7 Å². The van der Waals surface area contributed by atoms with E-state index >= 15 is 0 Å². The third-order valence-electron chi connectivity index (χ3n) is 3.32. The van der Waals surface area contributed by atoms with E-state index < -0.39 is 0 Å². The molecule has 0 heterocycles. The van der Waals surface area contributed by atoms with Gasteiger partial charge in [0.05, 0.1) is 6.04 Å². The highest BCUT2D eigenvalue weighted by molar-refractivity contribution is 6.31. The molecule has 0 saturated carbocycles. The summed E-state index contributed by atoms with van der Waals surface area (Å²) in [6.45, 7) is 4.05. The van der Waals surface area contributed by atoms with Gasteiger partial charge < -0.3 is 5.32 Å². The minimum absolute atomic E-state index is 0.242. The minimum Gasteiger partial charge on any atom is -0.309 e. The van der Waals surface area contributed by atoms with Crippen LogP contribution >= 0.6 is 11.6 Å². The number of halogens is 2. The SMILES string of the molecule is CNC(c1cc(C)ccc1C)c1c(F)cccc1Cl. The van der Waals surface area contributed by atoms with E-state index in [0.29, 0.717) is 10.6 Å². The molecule has 0 bridgehead atoms. The molecule has 0 fully saturated rings. The molecule has 1 atom stereocenters. The Bertz CT molecular complexity index is 575. The summed E-state index contributed by atoms with van der Waals surface area (Å²) in [6.07, 6.45) is 0. The zero-order valence-electron chi connectivity index (χ0n) is 11.3. The molecule has 19 heavy (non-hydrogen) atoms. The zero-order chi connectivity index (χ0) is 14.0. The van der Waals surface area contributed by atoms with Gasteiger partial charge in [-0.2, -0.15) is 0 Å². The first-order chi connectivity index (χ1) is 9.04. The Kier molecular flexibility index (Phi) is 4.23. The molecule has 1 N–H and O–H groups in total. The van der Waals surface area contributed by atoms with Gasteiger partial charge in [0.2, 0.25) is 0 Å². The summed E-state index contributed by atoms with van der Waals surface area (Å²) in [5.74, 6) is -0.284. The van der Waals surface area contributed by atoms with E-state index in [1.54, 1.807) is 12.1 Å². The molecule has 0 aromatic heterocycles. The summed E-state index contributed by atoms with van der Waals surface area (Å²) in [5.41, 5.74) is 3.81. The predicted octanol–water partition coefficient (Wildman–Crippen LogP) is 4.40. The van der Waals surface area contributed by atoms with Crippen molar-refractivity contribution >= 4 is 11.6 Å². The Morgan fingerprint density at radius 3 is 2.53 bits per heavy atom. The highest BCUT2D eigenvalue weighted by Gasteiger charge is 2.20. The highest BCUT2D eigenvalue weighted by Crippen LogP contribution is 2.32. The van der Waals surface area contributed by atoms with Crippen LogP contribution in [0.2, 0.25) is 5.02 Å². The number of benzene rings is 2. The van der Waals surface area contributed by atoms with Gasteiger partial charge in [0.25, 0.3) is 0 Å². The van der Waals surface area contributed by atoms with E-state index in [-0.39, 0.29) is 11.9 Å². The molecule has 1 nitrogen and oxygen atoms in total. The highest BCUT2D eigenvalue weighted by atomic mass is 35.5. The second-order valence-electron chi connectivity index (χ2n) is 4.72. The maximum atomic E-state index is 14.1. The fourth-order valence-corrected chi connectivity index (χ4v) is 2.58. The molecule has 100 valence electrons. The van der Waals surface area contributed by atoms with Gasteiger partial charge in [-0.3, -0.25) is 0 Å². The third-order valence-corrected chi connectivity index (χ3v) is 3.65. The molecule has 0 spiro atoms. The number of nitrogens with one attached hydrogen (secondary N) is 1. The van der Waals surface area contributed by atoms with Crippen LogP contribution in [-0.4, -0.2) is 7.05 Å². The predicted molar refractivity (Wildman–Crippen MR) is 78.2 cm³/mol. The van der Waals surface area contributed by atoms with Crippen LogP contribution in [0.3, 0.4) is 0 Å². The van der Waals surface area contributed by atoms with Crippen molar-refractivity contribution in [1.29, 1.82) is 0 Å². The molecule has 3 heteroatoms. The molecule has 2 aromatic rings. The molecule has 0 amide bonds. The minimum atomic E-state index is -0.284. The van der Waals surface area contributed by atoms with Crippen LogP contribution in [0.25, 0.3) is 0 Å². The van der Waals surface area contributed by atoms with E-state index in [9.17, 15) is 4.39 Å². The van der Waals surface area contributed by atoms with E-state index in [4.69, 9.17) is 11.6 Å². The molecular weight excluding hydrogens is 261 g/mol. The van der Waals surface area contributed by atoms with Crippen molar-refractivity contribution in [2.75, 3.05) is 7.05 Å². The Morgan fingerprint density at radius 2 is 1.89 bits per heavy atom. The molecule has 1 unspecified atom stereocenters. The van der Waals surface area contributed by atoms with Crippen LogP contribution in [-0.2, 0) is 0 Å². The second kappa shape index (κ2) is 5.72. The molecule has 2 rings (SSSR count). The van der Waals surface area contributed by atoms with Gasteiger partial charge in [-0.25, -0.2) is 4.39 Å². The molecule has 0 aliphatic rings. The maximum Gasteiger partial charge on any atom is 0.129 e. The summed E-state index contributed by atoms with van der Waals surface area (Å²) >= 11 is 6.17. The van der Waals surface area contributed by atoms with Crippen LogP contribution in [0.4, 0.5) is 4.39 Å². The summed E-state index contributed by atoms with van der Waals surface area (Å²) in [5, 5.41) is 3.60. The monoisotopic (exact) mass is 277 g/mol. The van der Waals surface area contributed by atoms with Gasteiger partial charge in [-0.05, 0) is 44.2 Å². The van der Waals surface area contributed by atoms with E-state index in [1.807, 2.05) is 27.0 Å². The smallest absolute Gasteiger partial charge is 0.129 e.